The number of hydrogen-bond donors (Lipinski definition) is 1. The first kappa shape index (κ1) is 10.7. The van der Waals surface area contributed by atoms with Crippen LogP contribution in [-0.4, -0.2) is 42.6 Å². The predicted octanol–water partition coefficient (Wildman–Crippen LogP) is 1.27. The quantitative estimate of drug-likeness (QED) is 0.845. The molecule has 0 aliphatic carbocycles. The van der Waals surface area contributed by atoms with Crippen molar-refractivity contribution >= 4 is 11.1 Å². The Balaban J connectivity index is 1.79. The molecule has 1 aliphatic rings. The van der Waals surface area contributed by atoms with Gasteiger partial charge in [0.15, 0.2) is 12.0 Å². The lowest BCUT2D eigenvalue weighted by atomic mass is 10.0. The smallest absolute Gasteiger partial charge is 0.181 e. The molecule has 1 aliphatic heterocycles. The molecule has 1 fully saturated rings. The average Bonchev–Trinajstić information content (AvgIpc) is 2.79. The topological polar surface area (TPSA) is 41.3 Å². The summed E-state index contributed by atoms with van der Waals surface area (Å²) in [7, 11) is 2.19. The fourth-order valence-corrected chi connectivity index (χ4v) is 2.39. The van der Waals surface area contributed by atoms with Crippen LogP contribution in [0, 0.1) is 0 Å². The number of aromatic nitrogens is 1. The van der Waals surface area contributed by atoms with E-state index < -0.39 is 0 Å². The molecule has 17 heavy (non-hydrogen) atoms. The van der Waals surface area contributed by atoms with Gasteiger partial charge in [-0.1, -0.05) is 6.07 Å². The van der Waals surface area contributed by atoms with Crippen molar-refractivity contribution in [3.63, 3.8) is 0 Å². The van der Waals surface area contributed by atoms with Crippen molar-refractivity contribution in [3.05, 3.63) is 30.2 Å². The summed E-state index contributed by atoms with van der Waals surface area (Å²) >= 11 is 0. The molecular weight excluding hydrogens is 214 g/mol. The van der Waals surface area contributed by atoms with Crippen molar-refractivity contribution in [2.24, 2.45) is 0 Å². The summed E-state index contributed by atoms with van der Waals surface area (Å²) < 4.78 is 5.33. The fraction of sp³-hybridized carbons (Fsp3) is 0.462. The van der Waals surface area contributed by atoms with Crippen LogP contribution in [0.5, 0.6) is 0 Å². The van der Waals surface area contributed by atoms with E-state index >= 15 is 0 Å². The van der Waals surface area contributed by atoms with E-state index in [0.29, 0.717) is 6.04 Å². The Morgan fingerprint density at radius 1 is 1.53 bits per heavy atom. The number of fused-ring (bicyclic) bond motifs is 1. The van der Waals surface area contributed by atoms with Crippen LogP contribution in [0.15, 0.2) is 29.0 Å². The van der Waals surface area contributed by atoms with Crippen LogP contribution in [0.1, 0.15) is 5.56 Å². The van der Waals surface area contributed by atoms with E-state index in [2.05, 4.69) is 34.4 Å². The van der Waals surface area contributed by atoms with Gasteiger partial charge in [0.25, 0.3) is 0 Å². The molecule has 1 aromatic carbocycles. The zero-order valence-electron chi connectivity index (χ0n) is 10.0. The monoisotopic (exact) mass is 231 g/mol. The third kappa shape index (κ3) is 2.18. The number of oxazole rings is 1. The Labute approximate surface area is 101 Å². The summed E-state index contributed by atoms with van der Waals surface area (Å²) in [5.41, 5.74) is 3.13. The Morgan fingerprint density at radius 3 is 3.35 bits per heavy atom. The zero-order valence-corrected chi connectivity index (χ0v) is 10.0. The van der Waals surface area contributed by atoms with Crippen LogP contribution in [0.3, 0.4) is 0 Å². The van der Waals surface area contributed by atoms with Gasteiger partial charge in [-0.2, -0.15) is 0 Å². The number of piperazine rings is 1. The van der Waals surface area contributed by atoms with E-state index in [0.717, 1.165) is 37.2 Å². The number of rotatable bonds is 2. The van der Waals surface area contributed by atoms with E-state index in [1.54, 1.807) is 0 Å². The highest BCUT2D eigenvalue weighted by Gasteiger charge is 2.18. The van der Waals surface area contributed by atoms with E-state index in [4.69, 9.17) is 4.42 Å². The van der Waals surface area contributed by atoms with Crippen LogP contribution in [0.2, 0.25) is 0 Å². The highest BCUT2D eigenvalue weighted by Crippen LogP contribution is 2.17. The summed E-state index contributed by atoms with van der Waals surface area (Å²) in [6.45, 7) is 3.27. The van der Waals surface area contributed by atoms with Gasteiger partial charge in [-0.15, -0.1) is 0 Å². The van der Waals surface area contributed by atoms with Crippen molar-refractivity contribution in [2.45, 2.75) is 12.5 Å². The normalized spacial score (nSPS) is 22.1. The van der Waals surface area contributed by atoms with E-state index in [9.17, 15) is 0 Å². The first-order chi connectivity index (χ1) is 8.33. The van der Waals surface area contributed by atoms with E-state index in [-0.39, 0.29) is 0 Å². The van der Waals surface area contributed by atoms with Crippen molar-refractivity contribution < 1.29 is 4.42 Å². The Morgan fingerprint density at radius 2 is 2.47 bits per heavy atom. The number of nitrogens with one attached hydrogen (secondary N) is 1. The molecule has 1 atom stereocenters. The highest BCUT2D eigenvalue weighted by molar-refractivity contribution is 5.72. The van der Waals surface area contributed by atoms with Gasteiger partial charge in [0.2, 0.25) is 0 Å². The van der Waals surface area contributed by atoms with Crippen LogP contribution < -0.4 is 5.32 Å². The lowest BCUT2D eigenvalue weighted by Gasteiger charge is -2.33. The second-order valence-corrected chi connectivity index (χ2v) is 4.70. The molecule has 2 heterocycles. The maximum atomic E-state index is 5.33. The minimum atomic E-state index is 0.573. The maximum Gasteiger partial charge on any atom is 0.181 e. The first-order valence-electron chi connectivity index (χ1n) is 6.06. The number of nitrogens with zero attached hydrogens (tertiary/aromatic N) is 2. The number of benzene rings is 1. The van der Waals surface area contributed by atoms with Gasteiger partial charge >= 0.3 is 0 Å². The molecule has 0 saturated carbocycles. The molecule has 90 valence electrons. The molecule has 4 nitrogen and oxygen atoms in total. The Bertz CT molecular complexity index is 508. The molecule has 0 spiro atoms. The Hall–Kier alpha value is -1.39. The molecule has 2 aromatic rings. The third-order valence-electron chi connectivity index (χ3n) is 3.51. The highest BCUT2D eigenvalue weighted by atomic mass is 16.3. The molecular formula is C13H17N3O. The third-order valence-corrected chi connectivity index (χ3v) is 3.51. The first-order valence-corrected chi connectivity index (χ1v) is 6.06. The lowest BCUT2D eigenvalue weighted by Crippen LogP contribution is -2.50. The van der Waals surface area contributed by atoms with Crippen molar-refractivity contribution in [2.75, 3.05) is 26.7 Å². The molecule has 1 N–H and O–H groups in total. The van der Waals surface area contributed by atoms with E-state index in [1.165, 1.54) is 12.0 Å². The summed E-state index contributed by atoms with van der Waals surface area (Å²) in [6.07, 6.45) is 2.56. The molecule has 0 bridgehead atoms. The fourth-order valence-electron chi connectivity index (χ4n) is 2.39. The van der Waals surface area contributed by atoms with Gasteiger partial charge in [0.05, 0.1) is 0 Å². The minimum absolute atomic E-state index is 0.573. The predicted molar refractivity (Wildman–Crippen MR) is 67.0 cm³/mol. The summed E-state index contributed by atoms with van der Waals surface area (Å²) in [4.78, 5) is 6.55. The molecule has 4 heteroatoms. The van der Waals surface area contributed by atoms with Crippen molar-refractivity contribution in [3.8, 4) is 0 Å². The van der Waals surface area contributed by atoms with Crippen LogP contribution >= 0.6 is 0 Å². The van der Waals surface area contributed by atoms with Crippen LogP contribution in [-0.2, 0) is 6.42 Å². The van der Waals surface area contributed by atoms with Crippen molar-refractivity contribution in [1.29, 1.82) is 0 Å². The van der Waals surface area contributed by atoms with Crippen molar-refractivity contribution in [1.82, 2.24) is 15.2 Å². The minimum Gasteiger partial charge on any atom is -0.443 e. The van der Waals surface area contributed by atoms with Gasteiger partial charge in [-0.3, -0.25) is 0 Å². The lowest BCUT2D eigenvalue weighted by molar-refractivity contribution is 0.199. The molecule has 1 unspecified atom stereocenters. The molecule has 3 rings (SSSR count). The summed E-state index contributed by atoms with van der Waals surface area (Å²) in [6, 6.07) is 6.85. The standard InChI is InChI=1S/C13H17N3O/c1-16-5-4-14-8-11(16)6-10-2-3-12-13(7-10)17-9-15-12/h2-3,7,9,11,14H,4-6,8H2,1H3. The van der Waals surface area contributed by atoms with Gasteiger partial charge in [-0.05, 0) is 31.2 Å². The molecule has 0 radical (unpaired) electrons. The average molecular weight is 231 g/mol. The second kappa shape index (κ2) is 4.47. The SMILES string of the molecule is CN1CCNCC1Cc1ccc2ncoc2c1. The summed E-state index contributed by atoms with van der Waals surface area (Å²) in [5, 5.41) is 3.44. The van der Waals surface area contributed by atoms with Crippen LogP contribution in [0.4, 0.5) is 0 Å². The summed E-state index contributed by atoms with van der Waals surface area (Å²) in [5.74, 6) is 0. The number of likely N-dealkylation sites (N-methyl/N-ethyl adjacent to an activating group) is 1. The maximum absolute atomic E-state index is 5.33. The molecule has 1 aromatic heterocycles. The van der Waals surface area contributed by atoms with E-state index in [1.807, 2.05) is 6.07 Å². The number of hydrogen-bond acceptors (Lipinski definition) is 4. The largest absolute Gasteiger partial charge is 0.443 e. The molecule has 1 saturated heterocycles. The molecule has 0 amide bonds. The van der Waals surface area contributed by atoms with Gasteiger partial charge in [-0.25, -0.2) is 4.98 Å². The van der Waals surface area contributed by atoms with Gasteiger partial charge in [0.1, 0.15) is 5.52 Å². The second-order valence-electron chi connectivity index (χ2n) is 4.70. The zero-order chi connectivity index (χ0) is 11.7. The Kier molecular flexibility index (Phi) is 2.82. The van der Waals surface area contributed by atoms with Crippen LogP contribution in [0.25, 0.3) is 11.1 Å². The van der Waals surface area contributed by atoms with Gasteiger partial charge in [0, 0.05) is 25.7 Å². The van der Waals surface area contributed by atoms with Gasteiger partial charge < -0.3 is 14.6 Å².